The molecule has 20 heavy (non-hydrogen) atoms. The Hall–Kier alpha value is -0.550. The van der Waals surface area contributed by atoms with Gasteiger partial charge in [-0.1, -0.05) is 6.07 Å². The summed E-state index contributed by atoms with van der Waals surface area (Å²) in [6, 6.07) is 5.90. The molecule has 1 saturated heterocycles. The molecule has 1 aromatic carbocycles. The van der Waals surface area contributed by atoms with Gasteiger partial charge in [-0.05, 0) is 80.1 Å². The Morgan fingerprint density at radius 1 is 1.15 bits per heavy atom. The van der Waals surface area contributed by atoms with Crippen LogP contribution in [0.4, 0.5) is 5.69 Å². The molecule has 1 aliphatic rings. The highest BCUT2D eigenvalue weighted by Crippen LogP contribution is 2.48. The summed E-state index contributed by atoms with van der Waals surface area (Å²) < 4.78 is 24.7. The molecule has 1 aromatic rings. The lowest BCUT2D eigenvalue weighted by molar-refractivity contribution is 0.377. The molecule has 0 atom stereocenters. The second-order valence-corrected chi connectivity index (χ2v) is 11.0. The maximum Gasteiger partial charge on any atom is 0.160 e. The van der Waals surface area contributed by atoms with Crippen LogP contribution in [0.15, 0.2) is 22.7 Å². The molecule has 1 aliphatic heterocycles. The maximum atomic E-state index is 12.6. The van der Waals surface area contributed by atoms with Crippen LogP contribution >= 0.6 is 15.9 Å². The van der Waals surface area contributed by atoms with Gasteiger partial charge in [0.15, 0.2) is 9.84 Å². The maximum absolute atomic E-state index is 12.6. The van der Waals surface area contributed by atoms with Crippen LogP contribution in [-0.2, 0) is 9.84 Å². The van der Waals surface area contributed by atoms with Crippen LogP contribution in [0.1, 0.15) is 52.0 Å². The molecule has 1 heterocycles. The van der Waals surface area contributed by atoms with Gasteiger partial charge in [-0.2, -0.15) is 0 Å². The number of nitrogens with two attached hydrogens (primary N) is 1. The highest BCUT2D eigenvalue weighted by molar-refractivity contribution is 9.10. The molecule has 5 heteroatoms. The van der Waals surface area contributed by atoms with E-state index in [1.54, 1.807) is 0 Å². The molecule has 0 unspecified atom stereocenters. The van der Waals surface area contributed by atoms with Crippen molar-refractivity contribution in [2.24, 2.45) is 0 Å². The molecular formula is C15H22BrNO2S. The van der Waals surface area contributed by atoms with Gasteiger partial charge in [0.05, 0.1) is 9.49 Å². The Labute approximate surface area is 130 Å². The lowest BCUT2D eigenvalue weighted by Crippen LogP contribution is -2.51. The normalized spacial score (nSPS) is 24.4. The summed E-state index contributed by atoms with van der Waals surface area (Å²) in [5.74, 6) is 0.237. The van der Waals surface area contributed by atoms with Crippen molar-refractivity contribution in [2.75, 3.05) is 5.73 Å². The van der Waals surface area contributed by atoms with Gasteiger partial charge < -0.3 is 5.73 Å². The van der Waals surface area contributed by atoms with Gasteiger partial charge in [0.25, 0.3) is 0 Å². The van der Waals surface area contributed by atoms with E-state index in [1.807, 2.05) is 45.9 Å². The molecule has 0 aliphatic carbocycles. The lowest BCUT2D eigenvalue weighted by atomic mass is 9.82. The predicted octanol–water partition coefficient (Wildman–Crippen LogP) is 3.88. The topological polar surface area (TPSA) is 60.2 Å². The zero-order valence-corrected chi connectivity index (χ0v) is 14.8. The zero-order chi connectivity index (χ0) is 15.3. The fourth-order valence-electron chi connectivity index (χ4n) is 3.26. The Morgan fingerprint density at radius 2 is 1.65 bits per heavy atom. The Morgan fingerprint density at radius 3 is 2.10 bits per heavy atom. The fraction of sp³-hybridized carbons (Fsp3) is 0.600. The average molecular weight is 360 g/mol. The van der Waals surface area contributed by atoms with Crippen LogP contribution in [0, 0.1) is 0 Å². The number of rotatable bonds is 1. The lowest BCUT2D eigenvalue weighted by Gasteiger charge is -2.44. The minimum Gasteiger partial charge on any atom is -0.398 e. The molecule has 2 N–H and O–H groups in total. The quantitative estimate of drug-likeness (QED) is 0.773. The van der Waals surface area contributed by atoms with E-state index in [0.29, 0.717) is 18.5 Å². The number of benzene rings is 1. The Balaban J connectivity index is 2.44. The average Bonchev–Trinajstić information content (AvgIpc) is 2.29. The summed E-state index contributed by atoms with van der Waals surface area (Å²) in [6.07, 6.45) is 1.30. The van der Waals surface area contributed by atoms with Crippen molar-refractivity contribution in [3.63, 3.8) is 0 Å². The molecule has 0 bridgehead atoms. The summed E-state index contributed by atoms with van der Waals surface area (Å²) in [5.41, 5.74) is 7.68. The minimum absolute atomic E-state index is 0.237. The molecular weight excluding hydrogens is 338 g/mol. The SMILES string of the molecule is CC1(C)CC(c2ccc(N)c(Br)c2)CC(C)(C)S1(=O)=O. The Bertz CT molecular complexity index is 611. The second-order valence-electron chi connectivity index (χ2n) is 6.91. The first-order valence-electron chi connectivity index (χ1n) is 6.77. The van der Waals surface area contributed by atoms with Gasteiger partial charge in [0.2, 0.25) is 0 Å². The first kappa shape index (κ1) is 15.8. The summed E-state index contributed by atoms with van der Waals surface area (Å²) in [5, 5.41) is 0. The van der Waals surface area contributed by atoms with Crippen molar-refractivity contribution in [1.82, 2.24) is 0 Å². The molecule has 3 nitrogen and oxygen atoms in total. The van der Waals surface area contributed by atoms with Crippen molar-refractivity contribution in [3.05, 3.63) is 28.2 Å². The summed E-state index contributed by atoms with van der Waals surface area (Å²) in [6.45, 7) is 7.34. The van der Waals surface area contributed by atoms with Crippen LogP contribution < -0.4 is 5.73 Å². The molecule has 2 rings (SSSR count). The molecule has 0 aromatic heterocycles. The van der Waals surface area contributed by atoms with Crippen LogP contribution in [0.2, 0.25) is 0 Å². The van der Waals surface area contributed by atoms with Crippen LogP contribution in [-0.4, -0.2) is 17.9 Å². The summed E-state index contributed by atoms with van der Waals surface area (Å²) in [7, 11) is -3.13. The third-order valence-electron chi connectivity index (χ3n) is 4.43. The van der Waals surface area contributed by atoms with Gasteiger partial charge in [-0.25, -0.2) is 8.42 Å². The predicted molar refractivity (Wildman–Crippen MR) is 87.6 cm³/mol. The van der Waals surface area contributed by atoms with Crippen molar-refractivity contribution in [3.8, 4) is 0 Å². The van der Waals surface area contributed by atoms with Crippen LogP contribution in [0.3, 0.4) is 0 Å². The molecule has 0 radical (unpaired) electrons. The number of anilines is 1. The van der Waals surface area contributed by atoms with E-state index in [0.717, 1.165) is 10.0 Å². The number of hydrogen-bond donors (Lipinski definition) is 1. The number of sulfone groups is 1. The molecule has 0 spiro atoms. The van der Waals surface area contributed by atoms with Gasteiger partial charge >= 0.3 is 0 Å². The number of halogens is 1. The monoisotopic (exact) mass is 359 g/mol. The van der Waals surface area contributed by atoms with Gasteiger partial charge in [0, 0.05) is 10.2 Å². The van der Waals surface area contributed by atoms with E-state index >= 15 is 0 Å². The summed E-state index contributed by atoms with van der Waals surface area (Å²) in [4.78, 5) is 0. The molecule has 0 saturated carbocycles. The van der Waals surface area contributed by atoms with Gasteiger partial charge in [-0.15, -0.1) is 0 Å². The van der Waals surface area contributed by atoms with Gasteiger partial charge in [0.1, 0.15) is 0 Å². The first-order valence-corrected chi connectivity index (χ1v) is 9.05. The third-order valence-corrected chi connectivity index (χ3v) is 8.36. The highest BCUT2D eigenvalue weighted by Gasteiger charge is 2.52. The standard InChI is InChI=1S/C15H22BrNO2S/c1-14(2)8-11(9-15(3,4)20(14,18)19)10-5-6-13(17)12(16)7-10/h5-7,11H,8-9,17H2,1-4H3. The van der Waals surface area contributed by atoms with E-state index in [4.69, 9.17) is 5.73 Å². The largest absolute Gasteiger partial charge is 0.398 e. The van der Waals surface area contributed by atoms with E-state index in [2.05, 4.69) is 15.9 Å². The van der Waals surface area contributed by atoms with E-state index in [1.165, 1.54) is 0 Å². The van der Waals surface area contributed by atoms with E-state index in [9.17, 15) is 8.42 Å². The first-order chi connectivity index (χ1) is 8.98. The summed E-state index contributed by atoms with van der Waals surface area (Å²) >= 11 is 3.45. The number of nitrogen functional groups attached to an aromatic ring is 1. The molecule has 0 amide bonds. The van der Waals surface area contributed by atoms with Gasteiger partial charge in [-0.3, -0.25) is 0 Å². The molecule has 1 fully saturated rings. The van der Waals surface area contributed by atoms with E-state index in [-0.39, 0.29) is 5.92 Å². The second kappa shape index (κ2) is 4.73. The highest BCUT2D eigenvalue weighted by atomic mass is 79.9. The number of hydrogen-bond acceptors (Lipinski definition) is 3. The molecule has 112 valence electrons. The third kappa shape index (κ3) is 2.39. The minimum atomic E-state index is -3.13. The van der Waals surface area contributed by atoms with Crippen molar-refractivity contribution in [2.45, 2.75) is 55.9 Å². The fourth-order valence-corrected chi connectivity index (χ4v) is 5.99. The van der Waals surface area contributed by atoms with Crippen molar-refractivity contribution in [1.29, 1.82) is 0 Å². The van der Waals surface area contributed by atoms with Crippen LogP contribution in [0.25, 0.3) is 0 Å². The smallest absolute Gasteiger partial charge is 0.160 e. The van der Waals surface area contributed by atoms with Crippen LogP contribution in [0.5, 0.6) is 0 Å². The van der Waals surface area contributed by atoms with Crippen molar-refractivity contribution < 1.29 is 8.42 Å². The Kier molecular flexibility index (Phi) is 3.75. The zero-order valence-electron chi connectivity index (χ0n) is 12.4. The van der Waals surface area contributed by atoms with Crippen molar-refractivity contribution >= 4 is 31.5 Å². The van der Waals surface area contributed by atoms with E-state index < -0.39 is 19.3 Å².